The maximum atomic E-state index is 12.1. The van der Waals surface area contributed by atoms with Crippen LogP contribution in [0.3, 0.4) is 0 Å². The van der Waals surface area contributed by atoms with Gasteiger partial charge in [-0.05, 0) is 11.6 Å². The number of methoxy groups -OCH3 is 1. The van der Waals surface area contributed by atoms with E-state index in [4.69, 9.17) is 4.74 Å². The molecule has 0 aliphatic carbocycles. The fourth-order valence-corrected chi connectivity index (χ4v) is 2.27. The van der Waals surface area contributed by atoms with Gasteiger partial charge >= 0.3 is 5.97 Å². The molecular weight excluding hydrogens is 254 g/mol. The summed E-state index contributed by atoms with van der Waals surface area (Å²) >= 11 is 0. The third-order valence-electron chi connectivity index (χ3n) is 3.23. The Morgan fingerprint density at radius 1 is 1.20 bits per heavy atom. The summed E-state index contributed by atoms with van der Waals surface area (Å²) in [6.45, 7) is 0. The molecule has 1 atom stereocenters. The van der Waals surface area contributed by atoms with Gasteiger partial charge in [0.15, 0.2) is 0 Å². The van der Waals surface area contributed by atoms with Crippen molar-refractivity contribution in [1.29, 1.82) is 0 Å². The molecule has 20 heavy (non-hydrogen) atoms. The number of rotatable bonds is 3. The highest BCUT2D eigenvalue weighted by molar-refractivity contribution is 5.85. The zero-order chi connectivity index (χ0) is 13.9. The first-order valence-electron chi connectivity index (χ1n) is 6.21. The van der Waals surface area contributed by atoms with E-state index in [9.17, 15) is 4.79 Å². The third-order valence-corrected chi connectivity index (χ3v) is 3.23. The summed E-state index contributed by atoms with van der Waals surface area (Å²) in [4.78, 5) is 15.3. The molecule has 0 saturated heterocycles. The normalized spacial score (nSPS) is 12.2. The maximum Gasteiger partial charge on any atom is 0.319 e. The van der Waals surface area contributed by atoms with Crippen molar-refractivity contribution >= 4 is 16.9 Å². The van der Waals surface area contributed by atoms with Gasteiger partial charge in [-0.2, -0.15) is 10.2 Å². The summed E-state index contributed by atoms with van der Waals surface area (Å²) in [5.41, 5.74) is 2.50. The molecule has 5 nitrogen and oxygen atoms in total. The Hall–Kier alpha value is -2.69. The minimum absolute atomic E-state index is 0.302. The van der Waals surface area contributed by atoms with Gasteiger partial charge in [0.1, 0.15) is 5.92 Å². The molecule has 1 N–H and O–H groups in total. The number of hydrogen-bond acceptors (Lipinski definition) is 4. The van der Waals surface area contributed by atoms with Crippen molar-refractivity contribution in [2.24, 2.45) is 0 Å². The Labute approximate surface area is 115 Å². The molecule has 2 heterocycles. The number of benzene rings is 1. The zero-order valence-electron chi connectivity index (χ0n) is 10.9. The second-order valence-corrected chi connectivity index (χ2v) is 4.45. The predicted molar refractivity (Wildman–Crippen MR) is 74.2 cm³/mol. The van der Waals surface area contributed by atoms with E-state index in [0.29, 0.717) is 0 Å². The Morgan fingerprint density at radius 3 is 2.65 bits per heavy atom. The summed E-state index contributed by atoms with van der Waals surface area (Å²) in [5, 5.41) is 8.58. The number of nitrogens with zero attached hydrogens (tertiary/aromatic N) is 2. The molecule has 0 aliphatic rings. The second kappa shape index (κ2) is 5.13. The van der Waals surface area contributed by atoms with E-state index in [1.165, 1.54) is 7.11 Å². The molecule has 2 aromatic heterocycles. The summed E-state index contributed by atoms with van der Waals surface area (Å²) in [6.07, 6.45) is 3.30. The largest absolute Gasteiger partial charge is 0.468 e. The van der Waals surface area contributed by atoms with E-state index in [1.54, 1.807) is 12.4 Å². The van der Waals surface area contributed by atoms with E-state index in [1.807, 2.05) is 36.4 Å². The summed E-state index contributed by atoms with van der Waals surface area (Å²) in [6, 6.07) is 11.4. The number of nitrogens with one attached hydrogen (secondary N) is 1. The van der Waals surface area contributed by atoms with E-state index in [2.05, 4.69) is 15.2 Å². The van der Waals surface area contributed by atoms with Crippen LogP contribution >= 0.6 is 0 Å². The molecule has 1 unspecified atom stereocenters. The monoisotopic (exact) mass is 267 g/mol. The minimum Gasteiger partial charge on any atom is -0.468 e. The van der Waals surface area contributed by atoms with Gasteiger partial charge < -0.3 is 9.72 Å². The van der Waals surface area contributed by atoms with Gasteiger partial charge in [-0.15, -0.1) is 0 Å². The lowest BCUT2D eigenvalue weighted by Gasteiger charge is -2.13. The van der Waals surface area contributed by atoms with E-state index >= 15 is 0 Å². The zero-order valence-corrected chi connectivity index (χ0v) is 10.9. The lowest BCUT2D eigenvalue weighted by molar-refractivity contribution is -0.141. The first-order valence-corrected chi connectivity index (χ1v) is 6.21. The standard InChI is InChI=1S/C15H13N3O2/c1-20-15(19)14(10-5-3-2-4-6-10)12-7-11-8-16-17-9-13(11)18-12/h2-9,14,18H,1H3. The topological polar surface area (TPSA) is 67.9 Å². The van der Waals surface area contributed by atoms with Gasteiger partial charge in [0.05, 0.1) is 25.0 Å². The molecule has 0 fully saturated rings. The summed E-state index contributed by atoms with van der Waals surface area (Å²) in [7, 11) is 1.39. The number of carbonyl (C=O) groups excluding carboxylic acids is 1. The van der Waals surface area contributed by atoms with Gasteiger partial charge in [-0.1, -0.05) is 30.3 Å². The Kier molecular flexibility index (Phi) is 3.16. The molecule has 100 valence electrons. The van der Waals surface area contributed by atoms with Crippen LogP contribution in [0.25, 0.3) is 10.9 Å². The van der Waals surface area contributed by atoms with Gasteiger partial charge in [-0.3, -0.25) is 4.79 Å². The van der Waals surface area contributed by atoms with Crippen molar-refractivity contribution in [3.63, 3.8) is 0 Å². The van der Waals surface area contributed by atoms with Gasteiger partial charge in [0.2, 0.25) is 0 Å². The first kappa shape index (κ1) is 12.3. The number of ether oxygens (including phenoxy) is 1. The van der Waals surface area contributed by atoms with Crippen LogP contribution in [-0.2, 0) is 9.53 Å². The Morgan fingerprint density at radius 2 is 1.95 bits per heavy atom. The number of esters is 1. The number of hydrogen-bond donors (Lipinski definition) is 1. The Balaban J connectivity index is 2.12. The van der Waals surface area contributed by atoms with Crippen molar-refractivity contribution < 1.29 is 9.53 Å². The minimum atomic E-state index is -0.478. The average molecular weight is 267 g/mol. The molecule has 0 amide bonds. The molecule has 0 spiro atoms. The molecule has 3 aromatic rings. The van der Waals surface area contributed by atoms with Crippen LogP contribution in [0.1, 0.15) is 17.2 Å². The highest BCUT2D eigenvalue weighted by Gasteiger charge is 2.25. The molecule has 0 radical (unpaired) electrons. The van der Waals surface area contributed by atoms with Gasteiger partial charge in [-0.25, -0.2) is 0 Å². The molecule has 0 saturated carbocycles. The fraction of sp³-hybridized carbons (Fsp3) is 0.133. The van der Waals surface area contributed by atoms with Crippen LogP contribution in [0.2, 0.25) is 0 Å². The van der Waals surface area contributed by atoms with Crippen molar-refractivity contribution in [2.45, 2.75) is 5.92 Å². The third kappa shape index (κ3) is 2.14. The quantitative estimate of drug-likeness (QED) is 0.739. The van der Waals surface area contributed by atoms with Gasteiger partial charge in [0, 0.05) is 11.1 Å². The number of H-pyrrole nitrogens is 1. The highest BCUT2D eigenvalue weighted by atomic mass is 16.5. The van der Waals surface area contributed by atoms with Crippen molar-refractivity contribution in [1.82, 2.24) is 15.2 Å². The molecule has 1 aromatic carbocycles. The van der Waals surface area contributed by atoms with Crippen LogP contribution in [0.5, 0.6) is 0 Å². The van der Waals surface area contributed by atoms with Crippen LogP contribution in [0, 0.1) is 0 Å². The highest BCUT2D eigenvalue weighted by Crippen LogP contribution is 2.27. The smallest absolute Gasteiger partial charge is 0.319 e. The summed E-state index contributed by atoms with van der Waals surface area (Å²) < 4.78 is 4.93. The predicted octanol–water partition coefficient (Wildman–Crippen LogP) is 2.26. The number of fused-ring (bicyclic) bond motifs is 1. The molecule has 0 bridgehead atoms. The number of carbonyl (C=O) groups is 1. The average Bonchev–Trinajstić information content (AvgIpc) is 2.91. The first-order chi connectivity index (χ1) is 9.79. The fourth-order valence-electron chi connectivity index (χ4n) is 2.27. The molecule has 0 aliphatic heterocycles. The van der Waals surface area contributed by atoms with E-state index < -0.39 is 5.92 Å². The van der Waals surface area contributed by atoms with E-state index in [-0.39, 0.29) is 5.97 Å². The van der Waals surface area contributed by atoms with Crippen molar-refractivity contribution in [2.75, 3.05) is 7.11 Å². The number of aromatic amines is 1. The molecule has 3 rings (SSSR count). The van der Waals surface area contributed by atoms with Crippen LogP contribution in [0.4, 0.5) is 0 Å². The van der Waals surface area contributed by atoms with E-state index in [0.717, 1.165) is 22.2 Å². The van der Waals surface area contributed by atoms with Crippen LogP contribution in [-0.4, -0.2) is 28.3 Å². The second-order valence-electron chi connectivity index (χ2n) is 4.45. The number of aromatic nitrogens is 3. The lowest BCUT2D eigenvalue weighted by atomic mass is 9.96. The van der Waals surface area contributed by atoms with Crippen molar-refractivity contribution in [3.05, 3.63) is 60.0 Å². The molecule has 5 heteroatoms. The van der Waals surface area contributed by atoms with Gasteiger partial charge in [0.25, 0.3) is 0 Å². The maximum absolute atomic E-state index is 12.1. The summed E-state index contributed by atoms with van der Waals surface area (Å²) in [5.74, 6) is -0.780. The molecular formula is C15H13N3O2. The SMILES string of the molecule is COC(=O)C(c1ccccc1)c1cc2cnncc2[nH]1. The van der Waals surface area contributed by atoms with Crippen LogP contribution in [0.15, 0.2) is 48.8 Å². The van der Waals surface area contributed by atoms with Crippen LogP contribution < -0.4 is 0 Å². The Bertz CT molecular complexity index is 704. The lowest BCUT2D eigenvalue weighted by Crippen LogP contribution is -2.15. The van der Waals surface area contributed by atoms with Crippen molar-refractivity contribution in [3.8, 4) is 0 Å².